The Morgan fingerprint density at radius 3 is 2.32 bits per heavy atom. The van der Waals surface area contributed by atoms with E-state index in [4.69, 9.17) is 11.6 Å². The lowest BCUT2D eigenvalue weighted by Crippen LogP contribution is -2.09. The van der Waals surface area contributed by atoms with E-state index in [-0.39, 0.29) is 5.69 Å². The number of halogens is 4. The van der Waals surface area contributed by atoms with Crippen molar-refractivity contribution < 1.29 is 13.2 Å². The summed E-state index contributed by atoms with van der Waals surface area (Å²) >= 11 is 5.57. The Balaban J connectivity index is 2.59. The van der Waals surface area contributed by atoms with Crippen LogP contribution in [0.5, 0.6) is 0 Å². The molecule has 0 unspecified atom stereocenters. The fourth-order valence-electron chi connectivity index (χ4n) is 1.80. The van der Waals surface area contributed by atoms with Crippen LogP contribution in [0.4, 0.5) is 13.2 Å². The normalized spacial score (nSPS) is 11.7. The summed E-state index contributed by atoms with van der Waals surface area (Å²) in [5.41, 5.74) is 1.60. The van der Waals surface area contributed by atoms with Gasteiger partial charge >= 0.3 is 6.18 Å². The molecule has 0 saturated heterocycles. The first-order valence-electron chi connectivity index (χ1n) is 5.47. The van der Waals surface area contributed by atoms with E-state index in [0.29, 0.717) is 5.56 Å². The van der Waals surface area contributed by atoms with Crippen LogP contribution in [0.2, 0.25) is 5.28 Å². The van der Waals surface area contributed by atoms with E-state index in [1.807, 2.05) is 26.0 Å². The first-order chi connectivity index (χ1) is 8.77. The highest BCUT2D eigenvalue weighted by atomic mass is 35.5. The molecule has 0 aliphatic carbocycles. The zero-order valence-corrected chi connectivity index (χ0v) is 11.0. The van der Waals surface area contributed by atoms with E-state index in [0.717, 1.165) is 17.2 Å². The average molecular weight is 287 g/mol. The van der Waals surface area contributed by atoms with Gasteiger partial charge in [0, 0.05) is 5.56 Å². The zero-order valence-electron chi connectivity index (χ0n) is 10.2. The second kappa shape index (κ2) is 4.81. The molecule has 2 nitrogen and oxygen atoms in total. The maximum Gasteiger partial charge on any atom is 0.433 e. The molecule has 0 amide bonds. The first-order valence-corrected chi connectivity index (χ1v) is 5.84. The minimum Gasteiger partial charge on any atom is -0.218 e. The number of alkyl halides is 3. The average Bonchev–Trinajstić information content (AvgIpc) is 2.26. The maximum atomic E-state index is 12.7. The molecule has 0 aliphatic heterocycles. The minimum absolute atomic E-state index is 0.171. The fraction of sp³-hybridized carbons (Fsp3) is 0.231. The van der Waals surface area contributed by atoms with Crippen LogP contribution in [-0.4, -0.2) is 9.97 Å². The molecular formula is C13H10ClF3N2. The second-order valence-electron chi connectivity index (χ2n) is 4.22. The molecule has 0 saturated carbocycles. The van der Waals surface area contributed by atoms with Crippen LogP contribution in [0.25, 0.3) is 11.3 Å². The van der Waals surface area contributed by atoms with Crippen molar-refractivity contribution in [1.29, 1.82) is 0 Å². The van der Waals surface area contributed by atoms with E-state index in [9.17, 15) is 13.2 Å². The predicted octanol–water partition coefficient (Wildman–Crippen LogP) is 4.43. The summed E-state index contributed by atoms with van der Waals surface area (Å²) in [6.07, 6.45) is -4.54. The lowest BCUT2D eigenvalue weighted by atomic mass is 10.0. The number of aryl methyl sites for hydroxylation is 2. The number of aromatic nitrogens is 2. The van der Waals surface area contributed by atoms with Crippen molar-refractivity contribution in [2.24, 2.45) is 0 Å². The van der Waals surface area contributed by atoms with Crippen molar-refractivity contribution in [3.63, 3.8) is 0 Å². The van der Waals surface area contributed by atoms with Crippen molar-refractivity contribution >= 4 is 11.6 Å². The predicted molar refractivity (Wildman–Crippen MR) is 67.0 cm³/mol. The third kappa shape index (κ3) is 3.04. The third-order valence-electron chi connectivity index (χ3n) is 2.65. The van der Waals surface area contributed by atoms with Gasteiger partial charge in [-0.05, 0) is 37.1 Å². The summed E-state index contributed by atoms with van der Waals surface area (Å²) in [5.74, 6) is 0. The quantitative estimate of drug-likeness (QED) is 0.725. The molecule has 19 heavy (non-hydrogen) atoms. The Labute approximate surface area is 113 Å². The third-order valence-corrected chi connectivity index (χ3v) is 2.82. The molecule has 100 valence electrons. The highest BCUT2D eigenvalue weighted by Gasteiger charge is 2.33. The Kier molecular flexibility index (Phi) is 3.49. The fourth-order valence-corrected chi connectivity index (χ4v) is 1.98. The molecule has 1 aromatic heterocycles. The number of benzene rings is 1. The topological polar surface area (TPSA) is 25.8 Å². The van der Waals surface area contributed by atoms with E-state index in [1.54, 1.807) is 6.07 Å². The molecule has 0 aliphatic rings. The van der Waals surface area contributed by atoms with Crippen LogP contribution in [-0.2, 0) is 6.18 Å². The van der Waals surface area contributed by atoms with Gasteiger partial charge in [0.25, 0.3) is 0 Å². The lowest BCUT2D eigenvalue weighted by molar-refractivity contribution is -0.141. The number of hydrogen-bond acceptors (Lipinski definition) is 2. The molecule has 2 rings (SSSR count). The second-order valence-corrected chi connectivity index (χ2v) is 4.56. The summed E-state index contributed by atoms with van der Waals surface area (Å²) in [6, 6.07) is 6.32. The highest BCUT2D eigenvalue weighted by Crippen LogP contribution is 2.32. The van der Waals surface area contributed by atoms with Crippen LogP contribution in [0.15, 0.2) is 24.3 Å². The number of hydrogen-bond donors (Lipinski definition) is 0. The molecule has 0 N–H and O–H groups in total. The van der Waals surface area contributed by atoms with Crippen molar-refractivity contribution in [3.05, 3.63) is 46.4 Å². The summed E-state index contributed by atoms with van der Waals surface area (Å²) in [4.78, 5) is 7.07. The van der Waals surface area contributed by atoms with Gasteiger partial charge in [0.2, 0.25) is 5.28 Å². The number of rotatable bonds is 1. The van der Waals surface area contributed by atoms with Crippen LogP contribution in [0.3, 0.4) is 0 Å². The van der Waals surface area contributed by atoms with Crippen molar-refractivity contribution in [3.8, 4) is 11.3 Å². The van der Waals surface area contributed by atoms with Gasteiger partial charge in [-0.2, -0.15) is 13.2 Å². The molecule has 0 bridgehead atoms. The summed E-state index contributed by atoms with van der Waals surface area (Å²) in [7, 11) is 0. The molecule has 1 aromatic carbocycles. The van der Waals surface area contributed by atoms with Gasteiger partial charge in [0.15, 0.2) is 0 Å². The van der Waals surface area contributed by atoms with E-state index < -0.39 is 17.2 Å². The monoisotopic (exact) mass is 286 g/mol. The van der Waals surface area contributed by atoms with Crippen LogP contribution >= 0.6 is 11.6 Å². The van der Waals surface area contributed by atoms with Crippen molar-refractivity contribution in [2.75, 3.05) is 0 Å². The van der Waals surface area contributed by atoms with Gasteiger partial charge in [-0.1, -0.05) is 23.8 Å². The maximum absolute atomic E-state index is 12.7. The molecule has 6 heteroatoms. The molecular weight excluding hydrogens is 277 g/mol. The largest absolute Gasteiger partial charge is 0.433 e. The Morgan fingerprint density at radius 1 is 1.05 bits per heavy atom. The van der Waals surface area contributed by atoms with Crippen LogP contribution in [0.1, 0.15) is 16.8 Å². The SMILES string of the molecule is Cc1ccc(-c2cc(C(F)(F)F)nc(Cl)n2)c(C)c1. The van der Waals surface area contributed by atoms with Crippen molar-refractivity contribution in [1.82, 2.24) is 9.97 Å². The number of nitrogens with zero attached hydrogens (tertiary/aromatic N) is 2. The molecule has 0 radical (unpaired) electrons. The van der Waals surface area contributed by atoms with Gasteiger partial charge in [0.05, 0.1) is 5.69 Å². The molecule has 1 heterocycles. The minimum atomic E-state index is -4.54. The van der Waals surface area contributed by atoms with E-state index >= 15 is 0 Å². The Bertz CT molecular complexity index is 624. The molecule has 0 fully saturated rings. The summed E-state index contributed by atoms with van der Waals surface area (Å²) in [5, 5.41) is -0.412. The van der Waals surface area contributed by atoms with E-state index in [1.165, 1.54) is 0 Å². The summed E-state index contributed by atoms with van der Waals surface area (Å²) < 4.78 is 38.0. The highest BCUT2D eigenvalue weighted by molar-refractivity contribution is 6.28. The molecule has 0 atom stereocenters. The molecule has 0 spiro atoms. The van der Waals surface area contributed by atoms with Gasteiger partial charge in [-0.3, -0.25) is 0 Å². The molecule has 2 aromatic rings. The standard InChI is InChI=1S/C13H10ClF3N2/c1-7-3-4-9(8(2)5-7)10-6-11(13(15,16)17)19-12(14)18-10/h3-6H,1-2H3. The first kappa shape index (κ1) is 13.8. The van der Waals surface area contributed by atoms with Gasteiger partial charge in [-0.15, -0.1) is 0 Å². The lowest BCUT2D eigenvalue weighted by Gasteiger charge is -2.10. The smallest absolute Gasteiger partial charge is 0.218 e. The Hall–Kier alpha value is -1.62. The zero-order chi connectivity index (χ0) is 14.2. The Morgan fingerprint density at radius 2 is 1.74 bits per heavy atom. The van der Waals surface area contributed by atoms with Gasteiger partial charge in [0.1, 0.15) is 5.69 Å². The van der Waals surface area contributed by atoms with Gasteiger partial charge in [-0.25, -0.2) is 9.97 Å². The summed E-state index contributed by atoms with van der Waals surface area (Å²) in [6.45, 7) is 3.72. The van der Waals surface area contributed by atoms with Crippen LogP contribution < -0.4 is 0 Å². The van der Waals surface area contributed by atoms with Gasteiger partial charge < -0.3 is 0 Å². The van der Waals surface area contributed by atoms with Crippen LogP contribution in [0, 0.1) is 13.8 Å². The van der Waals surface area contributed by atoms with Crippen molar-refractivity contribution in [2.45, 2.75) is 20.0 Å². The van der Waals surface area contributed by atoms with E-state index in [2.05, 4.69) is 9.97 Å².